The predicted octanol–water partition coefficient (Wildman–Crippen LogP) is 2.97. The number of nitrogens with one attached hydrogen (secondary N) is 1. The zero-order chi connectivity index (χ0) is 14.5. The number of rotatable bonds is 8. The van der Waals surface area contributed by atoms with Crippen molar-refractivity contribution in [2.75, 3.05) is 38.8 Å². The lowest BCUT2D eigenvalue weighted by Gasteiger charge is -2.25. The lowest BCUT2D eigenvalue weighted by Crippen LogP contribution is -2.26. The molecule has 0 radical (unpaired) electrons. The lowest BCUT2D eigenvalue weighted by atomic mass is 10.1. The van der Waals surface area contributed by atoms with Gasteiger partial charge in [0.15, 0.2) is 0 Å². The van der Waals surface area contributed by atoms with Crippen molar-refractivity contribution < 1.29 is 9.13 Å². The number of likely N-dealkylation sites (N-methyl/N-ethyl adjacent to an activating group) is 1. The Bertz CT molecular complexity index is 434. The summed E-state index contributed by atoms with van der Waals surface area (Å²) < 4.78 is 19.1. The van der Waals surface area contributed by atoms with Crippen LogP contribution in [-0.2, 0) is 4.74 Å². The van der Waals surface area contributed by atoms with E-state index in [0.29, 0.717) is 0 Å². The van der Waals surface area contributed by atoms with Crippen LogP contribution >= 0.6 is 0 Å². The average molecular weight is 280 g/mol. The average Bonchev–Trinajstić information content (AvgIpc) is 3.26. The van der Waals surface area contributed by atoms with E-state index in [4.69, 9.17) is 4.74 Å². The zero-order valence-corrected chi connectivity index (χ0v) is 12.7. The van der Waals surface area contributed by atoms with Gasteiger partial charge in [-0.2, -0.15) is 0 Å². The Morgan fingerprint density at radius 1 is 1.45 bits per heavy atom. The van der Waals surface area contributed by atoms with Crippen LogP contribution in [0.1, 0.15) is 31.4 Å². The molecule has 1 aromatic carbocycles. The van der Waals surface area contributed by atoms with E-state index in [1.807, 2.05) is 27.1 Å². The van der Waals surface area contributed by atoms with E-state index in [0.717, 1.165) is 36.9 Å². The highest BCUT2D eigenvalue weighted by atomic mass is 19.1. The molecule has 4 heteroatoms. The molecule has 1 atom stereocenters. The van der Waals surface area contributed by atoms with Gasteiger partial charge >= 0.3 is 0 Å². The summed E-state index contributed by atoms with van der Waals surface area (Å²) in [6, 6.07) is 5.09. The summed E-state index contributed by atoms with van der Waals surface area (Å²) in [5, 5.41) is 3.17. The molecule has 1 saturated carbocycles. The molecule has 112 valence electrons. The van der Waals surface area contributed by atoms with Crippen LogP contribution in [0.15, 0.2) is 18.2 Å². The van der Waals surface area contributed by atoms with Gasteiger partial charge in [0.25, 0.3) is 0 Å². The van der Waals surface area contributed by atoms with E-state index in [9.17, 15) is 4.39 Å². The van der Waals surface area contributed by atoms with Crippen LogP contribution in [-0.4, -0.2) is 33.9 Å². The number of hydrogen-bond donors (Lipinski definition) is 1. The van der Waals surface area contributed by atoms with Gasteiger partial charge in [0, 0.05) is 31.9 Å². The predicted molar refractivity (Wildman–Crippen MR) is 80.7 cm³/mol. The topological polar surface area (TPSA) is 24.5 Å². The number of anilines is 1. The third kappa shape index (κ3) is 4.18. The molecule has 0 aliphatic heterocycles. The van der Waals surface area contributed by atoms with Gasteiger partial charge in [0.05, 0.1) is 6.61 Å². The smallest absolute Gasteiger partial charge is 0.123 e. The van der Waals surface area contributed by atoms with Crippen molar-refractivity contribution in [1.29, 1.82) is 0 Å². The molecule has 1 aliphatic rings. The summed E-state index contributed by atoms with van der Waals surface area (Å²) in [6.45, 7) is 4.46. The number of nitrogens with zero attached hydrogens (tertiary/aromatic N) is 1. The second-order valence-electron chi connectivity index (χ2n) is 5.65. The third-order valence-electron chi connectivity index (χ3n) is 3.92. The van der Waals surface area contributed by atoms with Crippen molar-refractivity contribution >= 4 is 5.69 Å². The molecule has 1 aromatic rings. The standard InChI is InChI=1S/C16H25FN2O/c1-12(18-2)15-10-14(17)6-7-16(15)19(3)8-9-20-11-13-4-5-13/h6-7,10,12-13,18H,4-5,8-9,11H2,1-3H3. The SMILES string of the molecule is CNC(C)c1cc(F)ccc1N(C)CCOCC1CC1. The minimum Gasteiger partial charge on any atom is -0.379 e. The van der Waals surface area contributed by atoms with E-state index in [-0.39, 0.29) is 11.9 Å². The quantitative estimate of drug-likeness (QED) is 0.741. The molecule has 1 fully saturated rings. The fraction of sp³-hybridized carbons (Fsp3) is 0.625. The first-order chi connectivity index (χ1) is 9.61. The van der Waals surface area contributed by atoms with Crippen molar-refractivity contribution in [3.05, 3.63) is 29.6 Å². The van der Waals surface area contributed by atoms with Crippen molar-refractivity contribution in [2.45, 2.75) is 25.8 Å². The molecule has 0 saturated heterocycles. The fourth-order valence-corrected chi connectivity index (χ4v) is 2.23. The largest absolute Gasteiger partial charge is 0.379 e. The molecule has 1 unspecified atom stereocenters. The maximum atomic E-state index is 13.4. The number of halogens is 1. The van der Waals surface area contributed by atoms with Gasteiger partial charge in [-0.05, 0) is 56.5 Å². The summed E-state index contributed by atoms with van der Waals surface area (Å²) in [5.74, 6) is 0.607. The van der Waals surface area contributed by atoms with Gasteiger partial charge in [-0.3, -0.25) is 0 Å². The molecule has 1 N–H and O–H groups in total. The third-order valence-corrected chi connectivity index (χ3v) is 3.92. The van der Waals surface area contributed by atoms with Gasteiger partial charge in [-0.1, -0.05) is 0 Å². The highest BCUT2D eigenvalue weighted by Crippen LogP contribution is 2.29. The first-order valence-electron chi connectivity index (χ1n) is 7.37. The Balaban J connectivity index is 1.94. The Kier molecular flexibility index (Phi) is 5.38. The van der Waals surface area contributed by atoms with Gasteiger partial charge in [0.2, 0.25) is 0 Å². The normalized spacial score (nSPS) is 16.2. The highest BCUT2D eigenvalue weighted by molar-refractivity contribution is 5.54. The highest BCUT2D eigenvalue weighted by Gasteiger charge is 2.21. The van der Waals surface area contributed by atoms with Crippen LogP contribution in [0.2, 0.25) is 0 Å². The van der Waals surface area contributed by atoms with E-state index in [2.05, 4.69) is 10.2 Å². The molecular formula is C16H25FN2O. The van der Waals surface area contributed by atoms with Crippen LogP contribution in [0.5, 0.6) is 0 Å². The van der Waals surface area contributed by atoms with E-state index >= 15 is 0 Å². The Morgan fingerprint density at radius 2 is 2.20 bits per heavy atom. The first-order valence-corrected chi connectivity index (χ1v) is 7.37. The van der Waals surface area contributed by atoms with E-state index in [1.165, 1.54) is 18.9 Å². The summed E-state index contributed by atoms with van der Waals surface area (Å²) in [5.41, 5.74) is 2.04. The first kappa shape index (κ1) is 15.3. The van der Waals surface area contributed by atoms with Crippen LogP contribution < -0.4 is 10.2 Å². The van der Waals surface area contributed by atoms with Crippen LogP contribution in [0.4, 0.5) is 10.1 Å². The molecule has 3 nitrogen and oxygen atoms in total. The summed E-state index contributed by atoms with van der Waals surface area (Å²) >= 11 is 0. The molecule has 0 bridgehead atoms. The summed E-state index contributed by atoms with van der Waals surface area (Å²) in [7, 11) is 3.91. The monoisotopic (exact) mass is 280 g/mol. The van der Waals surface area contributed by atoms with Gasteiger partial charge < -0.3 is 15.0 Å². The van der Waals surface area contributed by atoms with Gasteiger partial charge in [-0.25, -0.2) is 4.39 Å². The molecule has 0 heterocycles. The van der Waals surface area contributed by atoms with Crippen molar-refractivity contribution in [3.63, 3.8) is 0 Å². The number of ether oxygens (including phenoxy) is 1. The number of benzene rings is 1. The minimum absolute atomic E-state index is 0.121. The molecule has 0 aromatic heterocycles. The Labute approximate surface area is 121 Å². The Hall–Kier alpha value is -1.13. The zero-order valence-electron chi connectivity index (χ0n) is 12.7. The van der Waals surface area contributed by atoms with Crippen molar-refractivity contribution in [1.82, 2.24) is 5.32 Å². The van der Waals surface area contributed by atoms with Gasteiger partial charge in [-0.15, -0.1) is 0 Å². The minimum atomic E-state index is -0.191. The molecule has 1 aliphatic carbocycles. The summed E-state index contributed by atoms with van der Waals surface area (Å²) in [4.78, 5) is 2.13. The molecule has 0 amide bonds. The van der Waals surface area contributed by atoms with E-state index < -0.39 is 0 Å². The van der Waals surface area contributed by atoms with Crippen LogP contribution in [0.25, 0.3) is 0 Å². The lowest BCUT2D eigenvalue weighted by molar-refractivity contribution is 0.131. The van der Waals surface area contributed by atoms with E-state index in [1.54, 1.807) is 6.07 Å². The van der Waals surface area contributed by atoms with Gasteiger partial charge in [0.1, 0.15) is 5.82 Å². The molecule has 2 rings (SSSR count). The number of hydrogen-bond acceptors (Lipinski definition) is 3. The van der Waals surface area contributed by atoms with Crippen LogP contribution in [0.3, 0.4) is 0 Å². The Morgan fingerprint density at radius 3 is 2.85 bits per heavy atom. The second-order valence-corrected chi connectivity index (χ2v) is 5.65. The van der Waals surface area contributed by atoms with Crippen LogP contribution in [0, 0.1) is 11.7 Å². The maximum Gasteiger partial charge on any atom is 0.123 e. The second kappa shape index (κ2) is 7.04. The maximum absolute atomic E-state index is 13.4. The molecule has 20 heavy (non-hydrogen) atoms. The fourth-order valence-electron chi connectivity index (χ4n) is 2.23. The molecule has 0 spiro atoms. The molecular weight excluding hydrogens is 255 g/mol. The van der Waals surface area contributed by atoms with Crippen molar-refractivity contribution in [3.8, 4) is 0 Å². The summed E-state index contributed by atoms with van der Waals surface area (Å²) in [6.07, 6.45) is 2.63. The van der Waals surface area contributed by atoms with Crippen molar-refractivity contribution in [2.24, 2.45) is 5.92 Å².